The van der Waals surface area contributed by atoms with Crippen molar-refractivity contribution in [2.45, 2.75) is 19.0 Å². The molecule has 27 heavy (non-hydrogen) atoms. The second kappa shape index (κ2) is 8.83. The van der Waals surface area contributed by atoms with Gasteiger partial charge in [-0.25, -0.2) is 4.39 Å². The maximum absolute atomic E-state index is 12.9. The zero-order valence-electron chi connectivity index (χ0n) is 14.3. The highest BCUT2D eigenvalue weighted by Gasteiger charge is 2.29. The predicted octanol–water partition coefficient (Wildman–Crippen LogP) is 1.47. The molecular weight excluding hydrogens is 370 g/mol. The van der Waals surface area contributed by atoms with E-state index in [4.69, 9.17) is 0 Å². The second-order valence-corrected chi connectivity index (χ2v) is 6.18. The molecule has 6 nitrogen and oxygen atoms in total. The van der Waals surface area contributed by atoms with E-state index in [2.05, 4.69) is 5.32 Å². The Kier molecular flexibility index (Phi) is 6.75. The molecular formula is C17H19F4N3O3. The number of piperidine rings is 1. The number of benzene rings is 1. The summed E-state index contributed by atoms with van der Waals surface area (Å²) in [6.07, 6.45) is -3.78. The number of carbonyl (C=O) groups excluding carboxylic acids is 3. The van der Waals surface area contributed by atoms with Gasteiger partial charge in [0, 0.05) is 24.6 Å². The van der Waals surface area contributed by atoms with Crippen LogP contribution in [-0.2, 0) is 9.59 Å². The van der Waals surface area contributed by atoms with Crippen molar-refractivity contribution in [2.75, 3.05) is 26.2 Å². The zero-order valence-corrected chi connectivity index (χ0v) is 14.3. The monoisotopic (exact) mass is 389 g/mol. The highest BCUT2D eigenvalue weighted by atomic mass is 19.4. The Balaban J connectivity index is 1.74. The average Bonchev–Trinajstić information content (AvgIpc) is 2.64. The first-order valence-corrected chi connectivity index (χ1v) is 8.32. The summed E-state index contributed by atoms with van der Waals surface area (Å²) < 4.78 is 48.9. The molecule has 2 rings (SSSR count). The third-order valence-corrected chi connectivity index (χ3v) is 4.15. The summed E-state index contributed by atoms with van der Waals surface area (Å²) >= 11 is 0. The van der Waals surface area contributed by atoms with Crippen LogP contribution in [0.4, 0.5) is 17.6 Å². The molecule has 0 bridgehead atoms. The lowest BCUT2D eigenvalue weighted by Gasteiger charge is -2.31. The van der Waals surface area contributed by atoms with Crippen molar-refractivity contribution in [1.82, 2.24) is 15.5 Å². The number of hydrogen-bond acceptors (Lipinski definition) is 3. The van der Waals surface area contributed by atoms with Crippen LogP contribution in [0.25, 0.3) is 0 Å². The summed E-state index contributed by atoms with van der Waals surface area (Å²) in [5.41, 5.74) is 0.348. The molecule has 0 aliphatic carbocycles. The van der Waals surface area contributed by atoms with E-state index in [9.17, 15) is 31.9 Å². The Morgan fingerprint density at radius 2 is 1.63 bits per heavy atom. The van der Waals surface area contributed by atoms with E-state index in [-0.39, 0.29) is 5.91 Å². The smallest absolute Gasteiger partial charge is 0.347 e. The van der Waals surface area contributed by atoms with E-state index in [1.807, 2.05) is 0 Å². The zero-order chi connectivity index (χ0) is 20.0. The number of hydrogen-bond donors (Lipinski definition) is 2. The maximum atomic E-state index is 12.9. The molecule has 2 N–H and O–H groups in total. The molecule has 1 aromatic rings. The average molecular weight is 389 g/mol. The van der Waals surface area contributed by atoms with Gasteiger partial charge >= 0.3 is 6.18 Å². The molecule has 0 atom stereocenters. The molecule has 0 unspecified atom stereocenters. The molecule has 3 amide bonds. The summed E-state index contributed by atoms with van der Waals surface area (Å²) in [5, 5.41) is 3.97. The van der Waals surface area contributed by atoms with Crippen molar-refractivity contribution in [3.63, 3.8) is 0 Å². The van der Waals surface area contributed by atoms with Crippen LogP contribution in [0, 0.1) is 11.7 Å². The van der Waals surface area contributed by atoms with E-state index in [0.29, 0.717) is 31.5 Å². The van der Waals surface area contributed by atoms with Crippen molar-refractivity contribution in [2.24, 2.45) is 5.92 Å². The molecule has 1 saturated heterocycles. The number of halogens is 4. The van der Waals surface area contributed by atoms with Gasteiger partial charge in [0.15, 0.2) is 0 Å². The van der Waals surface area contributed by atoms with Crippen molar-refractivity contribution in [3.05, 3.63) is 35.6 Å². The van der Waals surface area contributed by atoms with Gasteiger partial charge in [-0.2, -0.15) is 13.2 Å². The predicted molar refractivity (Wildman–Crippen MR) is 87.1 cm³/mol. The SMILES string of the molecule is O=C(CNC(=O)C1CCN(C(=O)c2ccc(F)cc2)CC1)NCC(F)(F)F. The fourth-order valence-electron chi connectivity index (χ4n) is 2.69. The maximum Gasteiger partial charge on any atom is 0.405 e. The number of likely N-dealkylation sites (tertiary alicyclic amines) is 1. The van der Waals surface area contributed by atoms with E-state index in [0.717, 1.165) is 0 Å². The molecule has 148 valence electrons. The molecule has 0 radical (unpaired) electrons. The van der Waals surface area contributed by atoms with E-state index >= 15 is 0 Å². The van der Waals surface area contributed by atoms with Crippen LogP contribution in [0.3, 0.4) is 0 Å². The molecule has 1 fully saturated rings. The molecule has 1 heterocycles. The minimum atomic E-state index is -4.51. The van der Waals surface area contributed by atoms with Crippen LogP contribution >= 0.6 is 0 Å². The Hall–Kier alpha value is -2.65. The van der Waals surface area contributed by atoms with E-state index in [1.165, 1.54) is 24.3 Å². The Labute approximate surface area is 152 Å². The first-order chi connectivity index (χ1) is 12.7. The molecule has 0 saturated carbocycles. The summed E-state index contributed by atoms with van der Waals surface area (Å²) in [6, 6.07) is 5.15. The van der Waals surface area contributed by atoms with Gasteiger partial charge in [0.05, 0.1) is 6.54 Å². The van der Waals surface area contributed by atoms with Crippen molar-refractivity contribution in [1.29, 1.82) is 0 Å². The number of nitrogens with one attached hydrogen (secondary N) is 2. The molecule has 1 aliphatic rings. The lowest BCUT2D eigenvalue weighted by atomic mass is 9.95. The summed E-state index contributed by atoms with van der Waals surface area (Å²) in [5.74, 6) is -2.50. The van der Waals surface area contributed by atoms with Crippen LogP contribution < -0.4 is 10.6 Å². The van der Waals surface area contributed by atoms with Gasteiger partial charge in [-0.1, -0.05) is 0 Å². The van der Waals surface area contributed by atoms with Gasteiger partial charge in [-0.3, -0.25) is 14.4 Å². The van der Waals surface area contributed by atoms with Gasteiger partial charge in [0.2, 0.25) is 11.8 Å². The van der Waals surface area contributed by atoms with Gasteiger partial charge in [-0.15, -0.1) is 0 Å². The molecule has 1 aliphatic heterocycles. The van der Waals surface area contributed by atoms with Crippen molar-refractivity contribution in [3.8, 4) is 0 Å². The van der Waals surface area contributed by atoms with Crippen molar-refractivity contribution < 1.29 is 31.9 Å². The molecule has 10 heteroatoms. The van der Waals surface area contributed by atoms with Crippen LogP contribution in [0.2, 0.25) is 0 Å². The van der Waals surface area contributed by atoms with Crippen LogP contribution in [0.5, 0.6) is 0 Å². The first kappa shape index (κ1) is 20.7. The fraction of sp³-hybridized carbons (Fsp3) is 0.471. The second-order valence-electron chi connectivity index (χ2n) is 6.18. The Bertz CT molecular complexity index is 684. The number of amides is 3. The molecule has 1 aromatic carbocycles. The van der Waals surface area contributed by atoms with E-state index < -0.39 is 42.8 Å². The fourth-order valence-corrected chi connectivity index (χ4v) is 2.69. The number of carbonyl (C=O) groups is 3. The standard InChI is InChI=1S/C17H19F4N3O3/c18-13-3-1-12(2-4-13)16(27)24-7-5-11(6-8-24)15(26)22-9-14(25)23-10-17(19,20)21/h1-4,11H,5-10H2,(H,22,26)(H,23,25). The number of nitrogens with zero attached hydrogens (tertiary/aromatic N) is 1. The quantitative estimate of drug-likeness (QED) is 0.749. The highest BCUT2D eigenvalue weighted by molar-refractivity contribution is 5.94. The Morgan fingerprint density at radius 3 is 2.19 bits per heavy atom. The van der Waals surface area contributed by atoms with Crippen LogP contribution in [-0.4, -0.2) is 55.0 Å². The molecule has 0 spiro atoms. The number of alkyl halides is 3. The first-order valence-electron chi connectivity index (χ1n) is 8.32. The largest absolute Gasteiger partial charge is 0.405 e. The van der Waals surface area contributed by atoms with Gasteiger partial charge in [0.25, 0.3) is 5.91 Å². The van der Waals surface area contributed by atoms with E-state index in [1.54, 1.807) is 10.2 Å². The van der Waals surface area contributed by atoms with Crippen LogP contribution in [0.1, 0.15) is 23.2 Å². The lowest BCUT2D eigenvalue weighted by Crippen LogP contribution is -2.46. The van der Waals surface area contributed by atoms with Crippen molar-refractivity contribution >= 4 is 17.7 Å². The van der Waals surface area contributed by atoms with Gasteiger partial charge in [0.1, 0.15) is 12.4 Å². The summed E-state index contributed by atoms with van der Waals surface area (Å²) in [7, 11) is 0. The topological polar surface area (TPSA) is 78.5 Å². The minimum Gasteiger partial charge on any atom is -0.347 e. The number of rotatable bonds is 5. The third-order valence-electron chi connectivity index (χ3n) is 4.15. The highest BCUT2D eigenvalue weighted by Crippen LogP contribution is 2.19. The third kappa shape index (κ3) is 6.54. The summed E-state index contributed by atoms with van der Waals surface area (Å²) in [6.45, 7) is -1.36. The Morgan fingerprint density at radius 1 is 1.04 bits per heavy atom. The normalized spacial score (nSPS) is 15.3. The van der Waals surface area contributed by atoms with Crippen LogP contribution in [0.15, 0.2) is 24.3 Å². The molecule has 0 aromatic heterocycles. The summed E-state index contributed by atoms with van der Waals surface area (Å²) in [4.78, 5) is 37.2. The van der Waals surface area contributed by atoms with Gasteiger partial charge in [-0.05, 0) is 37.1 Å². The van der Waals surface area contributed by atoms with Gasteiger partial charge < -0.3 is 15.5 Å². The minimum absolute atomic E-state index is 0.264. The lowest BCUT2D eigenvalue weighted by molar-refractivity contribution is -0.138.